The molecule has 84 valence electrons. The van der Waals surface area contributed by atoms with Gasteiger partial charge in [0.1, 0.15) is 5.82 Å². The van der Waals surface area contributed by atoms with E-state index in [0.717, 1.165) is 5.56 Å². The van der Waals surface area contributed by atoms with Gasteiger partial charge in [0.2, 0.25) is 5.95 Å². The molecule has 0 saturated carbocycles. The number of benzene rings is 1. The average Bonchev–Trinajstić information content (AvgIpc) is 2.32. The molecule has 0 spiro atoms. The maximum atomic E-state index is 13.4. The zero-order valence-electron chi connectivity index (χ0n) is 9.17. The van der Waals surface area contributed by atoms with E-state index in [4.69, 9.17) is 0 Å². The number of hydrogen-bond acceptors (Lipinski definition) is 1. The first kappa shape index (κ1) is 11.3. The molecular formula is C14H9F2N. The zero-order valence-corrected chi connectivity index (χ0v) is 9.17. The molecule has 0 atom stereocenters. The van der Waals surface area contributed by atoms with Gasteiger partial charge in [-0.2, -0.15) is 4.39 Å². The van der Waals surface area contributed by atoms with E-state index in [1.54, 1.807) is 12.1 Å². The van der Waals surface area contributed by atoms with Crippen LogP contribution in [0, 0.1) is 30.5 Å². The lowest BCUT2D eigenvalue weighted by Crippen LogP contribution is -1.86. The quantitative estimate of drug-likeness (QED) is 0.499. The molecule has 0 bridgehead atoms. The van der Waals surface area contributed by atoms with Crippen molar-refractivity contribution in [3.05, 3.63) is 65.0 Å². The summed E-state index contributed by atoms with van der Waals surface area (Å²) in [7, 11) is 0. The van der Waals surface area contributed by atoms with Crippen LogP contribution < -0.4 is 0 Å². The summed E-state index contributed by atoms with van der Waals surface area (Å²) in [5, 5.41) is 0. The molecule has 17 heavy (non-hydrogen) atoms. The van der Waals surface area contributed by atoms with Crippen molar-refractivity contribution in [2.45, 2.75) is 6.92 Å². The molecule has 0 aliphatic rings. The predicted octanol–water partition coefficient (Wildman–Crippen LogP) is 3.07. The van der Waals surface area contributed by atoms with Crippen molar-refractivity contribution < 1.29 is 8.78 Å². The second kappa shape index (κ2) is 4.75. The van der Waals surface area contributed by atoms with Crippen LogP contribution in [0.1, 0.15) is 16.7 Å². The van der Waals surface area contributed by atoms with E-state index < -0.39 is 5.95 Å². The van der Waals surface area contributed by atoms with Gasteiger partial charge in [-0.25, -0.2) is 9.37 Å². The summed E-state index contributed by atoms with van der Waals surface area (Å²) in [6, 6.07) is 7.45. The normalized spacial score (nSPS) is 9.59. The molecule has 2 aromatic rings. The van der Waals surface area contributed by atoms with E-state index in [1.807, 2.05) is 6.92 Å². The molecule has 1 heterocycles. The van der Waals surface area contributed by atoms with Crippen molar-refractivity contribution in [1.82, 2.24) is 4.98 Å². The number of hydrogen-bond donors (Lipinski definition) is 0. The fourth-order valence-electron chi connectivity index (χ4n) is 1.32. The highest BCUT2D eigenvalue weighted by molar-refractivity contribution is 5.43. The fourth-order valence-corrected chi connectivity index (χ4v) is 1.32. The van der Waals surface area contributed by atoms with Gasteiger partial charge < -0.3 is 0 Å². The largest absolute Gasteiger partial charge is 0.227 e. The summed E-state index contributed by atoms with van der Waals surface area (Å²) in [6.45, 7) is 1.87. The van der Waals surface area contributed by atoms with Crippen molar-refractivity contribution in [3.63, 3.8) is 0 Å². The standard InChI is InChI=1S/C14H9F2N/c1-10-2-6-13(15)12(8-10)5-3-11-4-7-14(16)17-9-11/h2,4,6-9H,1H3. The molecular weight excluding hydrogens is 220 g/mol. The Morgan fingerprint density at radius 3 is 2.59 bits per heavy atom. The summed E-state index contributed by atoms with van der Waals surface area (Å²) in [6.07, 6.45) is 1.32. The van der Waals surface area contributed by atoms with E-state index >= 15 is 0 Å². The third-order valence-corrected chi connectivity index (χ3v) is 2.19. The van der Waals surface area contributed by atoms with E-state index in [2.05, 4.69) is 16.8 Å². The SMILES string of the molecule is Cc1ccc(F)c(C#Cc2ccc(F)nc2)c1. The van der Waals surface area contributed by atoms with Gasteiger partial charge in [0, 0.05) is 11.8 Å². The lowest BCUT2D eigenvalue weighted by molar-refractivity contribution is 0.583. The Bertz CT molecular complexity index is 592. The highest BCUT2D eigenvalue weighted by Crippen LogP contribution is 2.08. The molecule has 0 unspecified atom stereocenters. The Morgan fingerprint density at radius 2 is 1.88 bits per heavy atom. The first-order valence-corrected chi connectivity index (χ1v) is 5.05. The Hall–Kier alpha value is -2.21. The number of halogens is 2. The smallest absolute Gasteiger partial charge is 0.212 e. The number of nitrogens with zero attached hydrogens (tertiary/aromatic N) is 1. The molecule has 1 aromatic heterocycles. The van der Waals surface area contributed by atoms with Gasteiger partial charge in [0.15, 0.2) is 0 Å². The molecule has 1 nitrogen and oxygen atoms in total. The lowest BCUT2D eigenvalue weighted by atomic mass is 10.1. The summed E-state index contributed by atoms with van der Waals surface area (Å²) in [4.78, 5) is 3.47. The maximum Gasteiger partial charge on any atom is 0.212 e. The molecule has 0 saturated heterocycles. The van der Waals surface area contributed by atoms with E-state index in [0.29, 0.717) is 11.1 Å². The Kier molecular flexibility index (Phi) is 3.15. The first-order chi connectivity index (χ1) is 8.15. The van der Waals surface area contributed by atoms with E-state index in [-0.39, 0.29) is 5.82 Å². The highest BCUT2D eigenvalue weighted by atomic mass is 19.1. The Labute approximate surface area is 98.1 Å². The lowest BCUT2D eigenvalue weighted by Gasteiger charge is -1.95. The monoisotopic (exact) mass is 229 g/mol. The number of aromatic nitrogens is 1. The summed E-state index contributed by atoms with van der Waals surface area (Å²) in [5.74, 6) is 4.52. The minimum atomic E-state index is -0.558. The van der Waals surface area contributed by atoms with Gasteiger partial charge >= 0.3 is 0 Å². The van der Waals surface area contributed by atoms with Gasteiger partial charge in [-0.05, 0) is 36.8 Å². The molecule has 0 aliphatic carbocycles. The summed E-state index contributed by atoms with van der Waals surface area (Å²) >= 11 is 0. The molecule has 0 amide bonds. The number of pyridine rings is 1. The van der Waals surface area contributed by atoms with Crippen LogP contribution in [0.3, 0.4) is 0 Å². The number of aryl methyl sites for hydroxylation is 1. The van der Waals surface area contributed by atoms with Crippen LogP contribution in [0.25, 0.3) is 0 Å². The number of rotatable bonds is 0. The van der Waals surface area contributed by atoms with Gasteiger partial charge in [-0.3, -0.25) is 0 Å². The van der Waals surface area contributed by atoms with Crippen LogP contribution in [-0.4, -0.2) is 4.98 Å². The van der Waals surface area contributed by atoms with Crippen molar-refractivity contribution in [2.24, 2.45) is 0 Å². The predicted molar refractivity (Wildman–Crippen MR) is 61.3 cm³/mol. The van der Waals surface area contributed by atoms with Crippen LogP contribution >= 0.6 is 0 Å². The van der Waals surface area contributed by atoms with Crippen LogP contribution in [0.4, 0.5) is 8.78 Å². The fraction of sp³-hybridized carbons (Fsp3) is 0.0714. The van der Waals surface area contributed by atoms with Crippen molar-refractivity contribution in [1.29, 1.82) is 0 Å². The first-order valence-electron chi connectivity index (χ1n) is 5.05. The van der Waals surface area contributed by atoms with Crippen LogP contribution in [0.15, 0.2) is 36.5 Å². The van der Waals surface area contributed by atoms with Crippen molar-refractivity contribution in [3.8, 4) is 11.8 Å². The summed E-state index contributed by atoms with van der Waals surface area (Å²) in [5.41, 5.74) is 1.81. The average molecular weight is 229 g/mol. The van der Waals surface area contributed by atoms with Gasteiger partial charge in [-0.1, -0.05) is 17.9 Å². The summed E-state index contributed by atoms with van der Waals surface area (Å²) < 4.78 is 25.9. The maximum absolute atomic E-state index is 13.4. The van der Waals surface area contributed by atoms with E-state index in [9.17, 15) is 8.78 Å². The van der Waals surface area contributed by atoms with E-state index in [1.165, 1.54) is 24.4 Å². The zero-order chi connectivity index (χ0) is 12.3. The van der Waals surface area contributed by atoms with Crippen LogP contribution in [0.2, 0.25) is 0 Å². The van der Waals surface area contributed by atoms with Gasteiger partial charge in [-0.15, -0.1) is 0 Å². The molecule has 3 heteroatoms. The molecule has 2 rings (SSSR count). The molecule has 0 radical (unpaired) electrons. The van der Waals surface area contributed by atoms with Gasteiger partial charge in [0.05, 0.1) is 5.56 Å². The molecule has 1 aromatic carbocycles. The minimum Gasteiger partial charge on any atom is -0.227 e. The van der Waals surface area contributed by atoms with Crippen molar-refractivity contribution in [2.75, 3.05) is 0 Å². The highest BCUT2D eigenvalue weighted by Gasteiger charge is 1.98. The molecule has 0 N–H and O–H groups in total. The van der Waals surface area contributed by atoms with Crippen LogP contribution in [-0.2, 0) is 0 Å². The Balaban J connectivity index is 2.32. The third kappa shape index (κ3) is 2.88. The molecule has 0 fully saturated rings. The second-order valence-electron chi connectivity index (χ2n) is 3.60. The minimum absolute atomic E-state index is 0.328. The van der Waals surface area contributed by atoms with Gasteiger partial charge in [0.25, 0.3) is 0 Å². The Morgan fingerprint density at radius 1 is 1.06 bits per heavy atom. The second-order valence-corrected chi connectivity index (χ2v) is 3.60. The van der Waals surface area contributed by atoms with Crippen LogP contribution in [0.5, 0.6) is 0 Å². The topological polar surface area (TPSA) is 12.9 Å². The van der Waals surface area contributed by atoms with Crippen molar-refractivity contribution >= 4 is 0 Å². The third-order valence-electron chi connectivity index (χ3n) is 2.19. The molecule has 0 aliphatic heterocycles.